The lowest BCUT2D eigenvalue weighted by molar-refractivity contribution is -0.114. The number of hydrogen-bond acceptors (Lipinski definition) is 2. The molecule has 0 aliphatic heterocycles. The molecular weight excluding hydrogens is 248 g/mol. The number of nitrogens with one attached hydrogen (secondary N) is 1. The van der Waals surface area contributed by atoms with Gasteiger partial charge < -0.3 is 11.1 Å². The number of carbonyl (C=O) groups excluding carboxylic acids is 1. The summed E-state index contributed by atoms with van der Waals surface area (Å²) in [5, 5.41) is 2.70. The van der Waals surface area contributed by atoms with Crippen molar-refractivity contribution in [1.29, 1.82) is 0 Å². The van der Waals surface area contributed by atoms with E-state index in [9.17, 15) is 4.79 Å². The van der Waals surface area contributed by atoms with Gasteiger partial charge in [-0.3, -0.25) is 4.79 Å². The summed E-state index contributed by atoms with van der Waals surface area (Å²) in [6, 6.07) is 17.4. The van der Waals surface area contributed by atoms with Crippen LogP contribution in [0.4, 0.5) is 5.69 Å². The van der Waals surface area contributed by atoms with Crippen molar-refractivity contribution < 1.29 is 4.79 Å². The average Bonchev–Trinajstić information content (AvgIpc) is 2.50. The van der Waals surface area contributed by atoms with Crippen LogP contribution in [0.1, 0.15) is 23.6 Å². The number of aryl methyl sites for hydroxylation is 1. The molecule has 2 aromatic rings. The monoisotopic (exact) mass is 267 g/mol. The molecule has 2 rings (SSSR count). The summed E-state index contributed by atoms with van der Waals surface area (Å²) in [4.78, 5) is 11.2. The molecule has 1 radical (unpaired) electrons. The number of benzene rings is 2. The van der Waals surface area contributed by atoms with Crippen molar-refractivity contribution in [2.75, 3.05) is 11.9 Å². The number of nitrogens with two attached hydrogens (primary N) is 1. The number of carbonyl (C=O) groups is 1. The molecule has 0 aromatic heterocycles. The van der Waals surface area contributed by atoms with E-state index in [0.29, 0.717) is 0 Å². The summed E-state index contributed by atoms with van der Waals surface area (Å²) in [6.45, 7) is 2.14. The van der Waals surface area contributed by atoms with Crippen LogP contribution in [0.5, 0.6) is 0 Å². The summed E-state index contributed by atoms with van der Waals surface area (Å²) in [5.74, 6) is -0.193. The maximum absolute atomic E-state index is 11.2. The first-order valence-electron chi connectivity index (χ1n) is 6.79. The fourth-order valence-corrected chi connectivity index (χ4v) is 1.97. The molecule has 0 spiro atoms. The van der Waals surface area contributed by atoms with Gasteiger partial charge in [0.05, 0.1) is 6.54 Å². The Bertz CT molecular complexity index is 559. The second kappa shape index (κ2) is 6.87. The van der Waals surface area contributed by atoms with Crippen LogP contribution in [-0.4, -0.2) is 12.5 Å². The molecule has 103 valence electrons. The Balaban J connectivity index is 2.00. The van der Waals surface area contributed by atoms with E-state index in [1.54, 1.807) is 6.07 Å². The molecule has 0 fully saturated rings. The highest BCUT2D eigenvalue weighted by atomic mass is 16.1. The fraction of sp³-hybridized carbons (Fsp3) is 0.235. The number of hydrogen-bond donors (Lipinski definition) is 2. The summed E-state index contributed by atoms with van der Waals surface area (Å²) < 4.78 is 0. The topological polar surface area (TPSA) is 55.1 Å². The lowest BCUT2D eigenvalue weighted by Gasteiger charge is -2.06. The van der Waals surface area contributed by atoms with Gasteiger partial charge in [-0.05, 0) is 47.7 Å². The van der Waals surface area contributed by atoms with Crippen molar-refractivity contribution in [3.63, 3.8) is 0 Å². The summed E-state index contributed by atoms with van der Waals surface area (Å²) in [7, 11) is 0. The molecule has 2 aromatic carbocycles. The van der Waals surface area contributed by atoms with Gasteiger partial charge in [-0.1, -0.05) is 37.3 Å². The third-order valence-corrected chi connectivity index (χ3v) is 3.17. The molecule has 3 N–H and O–H groups in total. The van der Waals surface area contributed by atoms with Gasteiger partial charge in [-0.2, -0.15) is 0 Å². The van der Waals surface area contributed by atoms with Crippen LogP contribution in [0.15, 0.2) is 42.5 Å². The van der Waals surface area contributed by atoms with Crippen LogP contribution < -0.4 is 11.1 Å². The highest BCUT2D eigenvalue weighted by Crippen LogP contribution is 2.14. The van der Waals surface area contributed by atoms with Crippen LogP contribution in [-0.2, 0) is 17.6 Å². The Morgan fingerprint density at radius 2 is 1.85 bits per heavy atom. The van der Waals surface area contributed by atoms with Crippen molar-refractivity contribution in [2.45, 2.75) is 19.8 Å². The second-order valence-corrected chi connectivity index (χ2v) is 4.70. The van der Waals surface area contributed by atoms with Gasteiger partial charge in [0.2, 0.25) is 5.91 Å². The lowest BCUT2D eigenvalue weighted by atomic mass is 10.0. The Labute approximate surface area is 119 Å². The van der Waals surface area contributed by atoms with Crippen molar-refractivity contribution in [3.05, 3.63) is 65.2 Å². The van der Waals surface area contributed by atoms with Gasteiger partial charge in [-0.15, -0.1) is 0 Å². The summed E-state index contributed by atoms with van der Waals surface area (Å²) >= 11 is 0. The molecule has 1 amide bonds. The lowest BCUT2D eigenvalue weighted by Crippen LogP contribution is -2.21. The maximum atomic E-state index is 11.2. The molecule has 3 heteroatoms. The van der Waals surface area contributed by atoms with E-state index < -0.39 is 0 Å². The number of amides is 1. The third-order valence-electron chi connectivity index (χ3n) is 3.17. The molecule has 0 aliphatic rings. The van der Waals surface area contributed by atoms with E-state index in [4.69, 9.17) is 5.73 Å². The minimum absolute atomic E-state index is 0.00840. The number of anilines is 1. The van der Waals surface area contributed by atoms with Crippen LogP contribution in [0.25, 0.3) is 0 Å². The zero-order valence-corrected chi connectivity index (χ0v) is 11.6. The van der Waals surface area contributed by atoms with Crippen molar-refractivity contribution in [3.8, 4) is 0 Å². The first-order chi connectivity index (χ1) is 9.71. The normalized spacial score (nSPS) is 10.3. The minimum atomic E-state index is -0.193. The molecule has 0 bridgehead atoms. The van der Waals surface area contributed by atoms with Crippen LogP contribution in [0.2, 0.25) is 0 Å². The predicted molar refractivity (Wildman–Crippen MR) is 81.6 cm³/mol. The van der Waals surface area contributed by atoms with Crippen LogP contribution in [0.3, 0.4) is 0 Å². The standard InChI is InChI=1S/C17H19N2O/c1-2-13-3-5-14(6-4-13)11-15-7-9-16(10-8-15)19-17(20)12-18/h3-7,9-10H,2,11-12,18H2,1H3,(H,19,20). The van der Waals surface area contributed by atoms with Gasteiger partial charge in [0.25, 0.3) is 0 Å². The Hall–Kier alpha value is -2.13. The summed E-state index contributed by atoms with van der Waals surface area (Å²) in [6.07, 6.45) is 1.90. The van der Waals surface area contributed by atoms with Crippen LogP contribution >= 0.6 is 0 Å². The first kappa shape index (κ1) is 14.3. The number of rotatable bonds is 5. The molecule has 3 nitrogen and oxygen atoms in total. The molecule has 0 saturated carbocycles. The first-order valence-corrected chi connectivity index (χ1v) is 6.79. The predicted octanol–water partition coefficient (Wildman–Crippen LogP) is 2.54. The van der Waals surface area contributed by atoms with E-state index in [-0.39, 0.29) is 12.5 Å². The Kier molecular flexibility index (Phi) is 4.91. The summed E-state index contributed by atoms with van der Waals surface area (Å²) in [5.41, 5.74) is 9.68. The smallest absolute Gasteiger partial charge is 0.238 e. The van der Waals surface area contributed by atoms with Gasteiger partial charge >= 0.3 is 0 Å². The molecule has 0 saturated heterocycles. The minimum Gasteiger partial charge on any atom is -0.325 e. The second-order valence-electron chi connectivity index (χ2n) is 4.70. The quantitative estimate of drug-likeness (QED) is 0.874. The fourth-order valence-electron chi connectivity index (χ4n) is 1.97. The third kappa shape index (κ3) is 3.93. The van der Waals surface area contributed by atoms with Gasteiger partial charge in [0.1, 0.15) is 0 Å². The van der Waals surface area contributed by atoms with Crippen molar-refractivity contribution >= 4 is 11.6 Å². The molecular formula is C17H19N2O. The average molecular weight is 267 g/mol. The van der Waals surface area contributed by atoms with Gasteiger partial charge in [-0.25, -0.2) is 0 Å². The van der Waals surface area contributed by atoms with Gasteiger partial charge in [0, 0.05) is 5.69 Å². The molecule has 0 unspecified atom stereocenters. The van der Waals surface area contributed by atoms with Gasteiger partial charge in [0.15, 0.2) is 0 Å². The zero-order chi connectivity index (χ0) is 14.4. The molecule has 0 atom stereocenters. The van der Waals surface area contributed by atoms with E-state index in [2.05, 4.69) is 42.6 Å². The maximum Gasteiger partial charge on any atom is 0.238 e. The Morgan fingerprint density at radius 1 is 1.15 bits per heavy atom. The van der Waals surface area contributed by atoms with Crippen molar-refractivity contribution in [2.24, 2.45) is 5.73 Å². The molecule has 0 aliphatic carbocycles. The van der Waals surface area contributed by atoms with E-state index in [0.717, 1.165) is 24.1 Å². The van der Waals surface area contributed by atoms with E-state index in [1.807, 2.05) is 12.1 Å². The molecule has 20 heavy (non-hydrogen) atoms. The van der Waals surface area contributed by atoms with Crippen molar-refractivity contribution in [1.82, 2.24) is 0 Å². The highest BCUT2D eigenvalue weighted by molar-refractivity contribution is 5.92. The van der Waals surface area contributed by atoms with E-state index >= 15 is 0 Å². The zero-order valence-electron chi connectivity index (χ0n) is 11.6. The molecule has 0 heterocycles. The van der Waals surface area contributed by atoms with Crippen LogP contribution in [0, 0.1) is 6.07 Å². The Morgan fingerprint density at radius 3 is 2.40 bits per heavy atom. The largest absolute Gasteiger partial charge is 0.325 e. The SMILES string of the molecule is CCc1ccc(Cc2[c]cc(NC(=O)CN)cc2)cc1. The highest BCUT2D eigenvalue weighted by Gasteiger charge is 2.01. The van der Waals surface area contributed by atoms with E-state index in [1.165, 1.54) is 11.1 Å².